The van der Waals surface area contributed by atoms with Crippen LogP contribution in [0.3, 0.4) is 0 Å². The number of halogens is 3. The van der Waals surface area contributed by atoms with E-state index >= 15 is 0 Å². The minimum absolute atomic E-state index is 0.210. The average molecular weight is 370 g/mol. The second-order valence-electron chi connectivity index (χ2n) is 5.07. The van der Waals surface area contributed by atoms with Crippen LogP contribution in [0.15, 0.2) is 39.9 Å². The summed E-state index contributed by atoms with van der Waals surface area (Å²) in [6, 6.07) is 6.01. The summed E-state index contributed by atoms with van der Waals surface area (Å²) in [7, 11) is 0. The van der Waals surface area contributed by atoms with Crippen molar-refractivity contribution in [1.82, 2.24) is 4.57 Å². The molecule has 0 radical (unpaired) electrons. The molecule has 3 nitrogen and oxygen atoms in total. The van der Waals surface area contributed by atoms with Crippen LogP contribution in [-0.4, -0.2) is 10.4 Å². The second kappa shape index (κ2) is 6.20. The van der Waals surface area contributed by atoms with Gasteiger partial charge in [0.1, 0.15) is 23.0 Å². The Bertz CT molecular complexity index is 724. The molecule has 118 valence electrons. The van der Waals surface area contributed by atoms with Crippen molar-refractivity contribution in [2.45, 2.75) is 32.9 Å². The maximum Gasteiger partial charge on any atom is 0.143 e. The zero-order valence-electron chi connectivity index (χ0n) is 12.7. The van der Waals surface area contributed by atoms with E-state index in [1.54, 1.807) is 23.6 Å². The Labute approximate surface area is 137 Å². The van der Waals surface area contributed by atoms with E-state index in [0.29, 0.717) is 17.8 Å². The van der Waals surface area contributed by atoms with Gasteiger partial charge in [-0.3, -0.25) is 4.99 Å². The van der Waals surface area contributed by atoms with E-state index < -0.39 is 5.54 Å². The third-order valence-electron chi connectivity index (χ3n) is 3.48. The number of hydrogen-bond donors (Lipinski definition) is 1. The highest BCUT2D eigenvalue weighted by molar-refractivity contribution is 9.10. The fourth-order valence-corrected chi connectivity index (χ4v) is 2.93. The number of nitrogens with two attached hydrogens (primary N) is 1. The van der Waals surface area contributed by atoms with Crippen LogP contribution in [-0.2, 0) is 12.1 Å². The predicted molar refractivity (Wildman–Crippen MR) is 87.9 cm³/mol. The first-order chi connectivity index (χ1) is 10.4. The molecule has 3 rings (SSSR count). The van der Waals surface area contributed by atoms with Gasteiger partial charge in [-0.05, 0) is 25.1 Å². The maximum atomic E-state index is 14.1. The summed E-state index contributed by atoms with van der Waals surface area (Å²) in [5, 5.41) is 0. The quantitative estimate of drug-likeness (QED) is 0.804. The minimum Gasteiger partial charge on any atom is -0.382 e. The van der Waals surface area contributed by atoms with Gasteiger partial charge < -0.3 is 10.3 Å². The molecule has 1 aromatic carbocycles. The zero-order valence-corrected chi connectivity index (χ0v) is 14.3. The van der Waals surface area contributed by atoms with Crippen LogP contribution >= 0.6 is 15.9 Å². The molecule has 2 heterocycles. The molecule has 0 fully saturated rings. The molecule has 2 N–H and O–H groups in total. The number of fused-ring (bicyclic) bond motifs is 1. The number of hydrogen-bond acceptors (Lipinski definition) is 2. The second-order valence-corrected chi connectivity index (χ2v) is 5.98. The van der Waals surface area contributed by atoms with Gasteiger partial charge in [-0.25, -0.2) is 8.78 Å². The van der Waals surface area contributed by atoms with E-state index in [2.05, 4.69) is 20.9 Å². The zero-order chi connectivity index (χ0) is 16.5. The van der Waals surface area contributed by atoms with Crippen molar-refractivity contribution in [3.63, 3.8) is 0 Å². The van der Waals surface area contributed by atoms with Crippen LogP contribution in [0.25, 0.3) is 0 Å². The number of benzene rings is 1. The van der Waals surface area contributed by atoms with Crippen molar-refractivity contribution in [1.29, 1.82) is 0 Å². The average Bonchev–Trinajstić information content (AvgIpc) is 2.84. The lowest BCUT2D eigenvalue weighted by Gasteiger charge is -2.32. The van der Waals surface area contributed by atoms with Crippen molar-refractivity contribution in [3.8, 4) is 0 Å². The molecule has 1 aliphatic rings. The van der Waals surface area contributed by atoms with Crippen molar-refractivity contribution < 1.29 is 8.78 Å². The van der Waals surface area contributed by atoms with Crippen LogP contribution in [0.4, 0.5) is 8.78 Å². The van der Waals surface area contributed by atoms with Gasteiger partial charge in [0, 0.05) is 22.3 Å². The molecule has 0 saturated heterocycles. The first kappa shape index (κ1) is 16.7. The minimum atomic E-state index is -0.865. The Balaban J connectivity index is 0.000000847. The third kappa shape index (κ3) is 2.92. The summed E-state index contributed by atoms with van der Waals surface area (Å²) in [5.41, 5.74) is 5.97. The predicted octanol–water partition coefficient (Wildman–Crippen LogP) is 4.19. The highest BCUT2D eigenvalue weighted by atomic mass is 79.9. The molecule has 1 unspecified atom stereocenters. The van der Waals surface area contributed by atoms with Crippen molar-refractivity contribution in [2.24, 2.45) is 10.7 Å². The van der Waals surface area contributed by atoms with E-state index in [1.165, 1.54) is 18.3 Å². The van der Waals surface area contributed by atoms with E-state index in [1.807, 2.05) is 13.8 Å². The Hall–Kier alpha value is -1.69. The molecule has 22 heavy (non-hydrogen) atoms. The molecule has 6 heteroatoms. The number of amidine groups is 1. The van der Waals surface area contributed by atoms with Gasteiger partial charge in [0.05, 0.1) is 12.2 Å². The third-order valence-corrected chi connectivity index (χ3v) is 3.97. The van der Waals surface area contributed by atoms with E-state index in [9.17, 15) is 8.78 Å². The van der Waals surface area contributed by atoms with Gasteiger partial charge in [0.15, 0.2) is 0 Å². The van der Waals surface area contributed by atoms with Gasteiger partial charge in [-0.2, -0.15) is 0 Å². The van der Waals surface area contributed by atoms with Crippen LogP contribution in [0.2, 0.25) is 0 Å². The standard InChI is InChI=1S/C14H12BrF2N3.C2H6/c1-14(10-4-8(15)2-3-11(10)17)7-20-6-9(16)5-12(20)13(18)19-14;1-2/h2-6H,7H2,1H3,(H2,18,19);1-2H3. The highest BCUT2D eigenvalue weighted by Gasteiger charge is 2.34. The number of aliphatic imine (C=N–C) groups is 1. The summed E-state index contributed by atoms with van der Waals surface area (Å²) < 4.78 is 29.9. The molecule has 2 aromatic rings. The lowest BCUT2D eigenvalue weighted by Crippen LogP contribution is -2.37. The monoisotopic (exact) mass is 369 g/mol. The molecule has 0 saturated carbocycles. The lowest BCUT2D eigenvalue weighted by atomic mass is 9.90. The Morgan fingerprint density at radius 1 is 1.27 bits per heavy atom. The number of rotatable bonds is 1. The molecule has 0 bridgehead atoms. The molecular weight excluding hydrogens is 352 g/mol. The molecule has 0 spiro atoms. The molecular formula is C16H18BrF2N3. The Morgan fingerprint density at radius 2 is 1.95 bits per heavy atom. The summed E-state index contributed by atoms with van der Waals surface area (Å²) >= 11 is 3.32. The van der Waals surface area contributed by atoms with Crippen molar-refractivity contribution >= 4 is 21.8 Å². The summed E-state index contributed by atoms with van der Waals surface area (Å²) in [6.45, 7) is 6.12. The fourth-order valence-electron chi connectivity index (χ4n) is 2.57. The van der Waals surface area contributed by atoms with Gasteiger partial charge in [0.25, 0.3) is 0 Å². The normalized spacial score (nSPS) is 19.8. The summed E-state index contributed by atoms with van der Waals surface area (Å²) in [6.07, 6.45) is 1.35. The van der Waals surface area contributed by atoms with Crippen molar-refractivity contribution in [3.05, 3.63) is 57.8 Å². The van der Waals surface area contributed by atoms with Gasteiger partial charge in [0.2, 0.25) is 0 Å². The van der Waals surface area contributed by atoms with Crippen LogP contribution in [0, 0.1) is 11.6 Å². The van der Waals surface area contributed by atoms with Gasteiger partial charge in [-0.1, -0.05) is 29.8 Å². The molecule has 0 aliphatic carbocycles. The SMILES string of the molecule is CC.CC1(c2cc(Br)ccc2F)Cn2cc(F)cc2C(N)=N1. The molecule has 1 aromatic heterocycles. The summed E-state index contributed by atoms with van der Waals surface area (Å²) in [5.74, 6) is -0.525. The number of nitrogens with zero attached hydrogens (tertiary/aromatic N) is 2. The Kier molecular flexibility index (Phi) is 4.70. The van der Waals surface area contributed by atoms with Gasteiger partial charge >= 0.3 is 0 Å². The van der Waals surface area contributed by atoms with Gasteiger partial charge in [-0.15, -0.1) is 0 Å². The van der Waals surface area contributed by atoms with E-state index in [4.69, 9.17) is 5.73 Å². The first-order valence-electron chi connectivity index (χ1n) is 7.06. The molecule has 1 aliphatic heterocycles. The van der Waals surface area contributed by atoms with E-state index in [0.717, 1.165) is 4.47 Å². The lowest BCUT2D eigenvalue weighted by molar-refractivity contribution is 0.383. The molecule has 0 amide bonds. The maximum absolute atomic E-state index is 14.1. The molecule has 1 atom stereocenters. The largest absolute Gasteiger partial charge is 0.382 e. The van der Waals surface area contributed by atoms with Crippen LogP contribution in [0.5, 0.6) is 0 Å². The van der Waals surface area contributed by atoms with Crippen LogP contribution < -0.4 is 5.73 Å². The van der Waals surface area contributed by atoms with E-state index in [-0.39, 0.29) is 17.5 Å². The fraction of sp³-hybridized carbons (Fsp3) is 0.312. The topological polar surface area (TPSA) is 43.3 Å². The number of aromatic nitrogens is 1. The first-order valence-corrected chi connectivity index (χ1v) is 7.85. The summed E-state index contributed by atoms with van der Waals surface area (Å²) in [4.78, 5) is 4.39. The smallest absolute Gasteiger partial charge is 0.143 e. The van der Waals surface area contributed by atoms with Crippen LogP contribution in [0.1, 0.15) is 32.0 Å². The van der Waals surface area contributed by atoms with Crippen molar-refractivity contribution in [2.75, 3.05) is 0 Å². The Morgan fingerprint density at radius 3 is 2.64 bits per heavy atom. The highest BCUT2D eigenvalue weighted by Crippen LogP contribution is 2.35.